The van der Waals surface area contributed by atoms with Crippen molar-refractivity contribution in [1.29, 1.82) is 0 Å². The van der Waals surface area contributed by atoms with E-state index in [4.69, 9.17) is 0 Å². The zero-order valence-corrected chi connectivity index (χ0v) is 3.79. The molecule has 0 aliphatic heterocycles. The SMILES string of the molecule is [CH2]CC#CC#CF. The largest absolute Gasteiger partial charge is 0.143 e. The number of rotatable bonds is 0. The van der Waals surface area contributed by atoms with Crippen molar-refractivity contribution in [3.05, 3.63) is 6.92 Å². The summed E-state index contributed by atoms with van der Waals surface area (Å²) in [5.41, 5.74) is 0. The van der Waals surface area contributed by atoms with Crippen molar-refractivity contribution < 1.29 is 4.39 Å². The van der Waals surface area contributed by atoms with Gasteiger partial charge in [-0.3, -0.25) is 0 Å². The van der Waals surface area contributed by atoms with E-state index < -0.39 is 0 Å². The Balaban J connectivity index is 3.39. The number of hydrogen-bond acceptors (Lipinski definition) is 0. The Kier molecular flexibility index (Phi) is 4.36. The second-order valence-electron chi connectivity index (χ2n) is 0.771. The van der Waals surface area contributed by atoms with Crippen LogP contribution in [0, 0.1) is 30.9 Å². The monoisotopic (exact) mass is 95.0 g/mol. The van der Waals surface area contributed by atoms with Crippen LogP contribution in [0.1, 0.15) is 6.42 Å². The van der Waals surface area contributed by atoms with Gasteiger partial charge in [0, 0.05) is 12.3 Å². The van der Waals surface area contributed by atoms with Gasteiger partial charge in [-0.25, -0.2) is 0 Å². The molecule has 0 aliphatic rings. The van der Waals surface area contributed by atoms with Gasteiger partial charge >= 0.3 is 0 Å². The van der Waals surface area contributed by atoms with E-state index in [-0.39, 0.29) is 0 Å². The van der Waals surface area contributed by atoms with E-state index in [0.29, 0.717) is 6.42 Å². The van der Waals surface area contributed by atoms with Crippen LogP contribution in [0.25, 0.3) is 0 Å². The Labute approximate surface area is 42.7 Å². The first-order valence-corrected chi connectivity index (χ1v) is 1.79. The maximum Gasteiger partial charge on any atom is 0.119 e. The zero-order valence-electron chi connectivity index (χ0n) is 3.79. The third-order valence-electron chi connectivity index (χ3n) is 0.323. The summed E-state index contributed by atoms with van der Waals surface area (Å²) in [6.07, 6.45) is 1.63. The molecular formula is C6H4F. The van der Waals surface area contributed by atoms with Crippen LogP contribution in [0.5, 0.6) is 0 Å². The molecule has 0 rings (SSSR count). The summed E-state index contributed by atoms with van der Waals surface area (Å²) in [6.45, 7) is 3.39. The van der Waals surface area contributed by atoms with Crippen molar-refractivity contribution in [3.8, 4) is 23.9 Å². The molecule has 0 unspecified atom stereocenters. The third-order valence-corrected chi connectivity index (χ3v) is 0.323. The molecule has 0 atom stereocenters. The number of hydrogen-bond donors (Lipinski definition) is 0. The summed E-state index contributed by atoms with van der Waals surface area (Å²) < 4.78 is 10.8. The van der Waals surface area contributed by atoms with Crippen LogP contribution < -0.4 is 0 Å². The predicted octanol–water partition coefficient (Wildman–Crippen LogP) is 1.14. The van der Waals surface area contributed by atoms with Crippen LogP contribution in [0.2, 0.25) is 0 Å². The fourth-order valence-electron chi connectivity index (χ4n) is 0.130. The lowest BCUT2D eigenvalue weighted by Gasteiger charge is -1.58. The summed E-state index contributed by atoms with van der Waals surface area (Å²) in [5, 5.41) is 0. The van der Waals surface area contributed by atoms with Gasteiger partial charge in [-0.05, 0) is 12.8 Å². The van der Waals surface area contributed by atoms with Crippen molar-refractivity contribution in [2.45, 2.75) is 6.42 Å². The highest BCUT2D eigenvalue weighted by Crippen LogP contribution is 1.63. The molecule has 0 aromatic rings. The lowest BCUT2D eigenvalue weighted by Crippen LogP contribution is -1.50. The molecule has 0 heterocycles. The average molecular weight is 95.1 g/mol. The molecule has 0 nitrogen and oxygen atoms in total. The van der Waals surface area contributed by atoms with Gasteiger partial charge in [-0.1, -0.05) is 5.92 Å². The van der Waals surface area contributed by atoms with Crippen molar-refractivity contribution in [2.24, 2.45) is 0 Å². The van der Waals surface area contributed by atoms with E-state index in [1.807, 2.05) is 5.92 Å². The van der Waals surface area contributed by atoms with Gasteiger partial charge in [0.15, 0.2) is 0 Å². The molecule has 1 heteroatoms. The minimum Gasteiger partial charge on any atom is -0.143 e. The van der Waals surface area contributed by atoms with Gasteiger partial charge in [0.25, 0.3) is 0 Å². The van der Waals surface area contributed by atoms with Crippen molar-refractivity contribution in [3.63, 3.8) is 0 Å². The minimum absolute atomic E-state index is 0.481. The lowest BCUT2D eigenvalue weighted by atomic mass is 10.5. The smallest absolute Gasteiger partial charge is 0.119 e. The van der Waals surface area contributed by atoms with Gasteiger partial charge in [0.05, 0.1) is 0 Å². The molecule has 1 radical (unpaired) electrons. The van der Waals surface area contributed by atoms with Crippen molar-refractivity contribution in [2.75, 3.05) is 0 Å². The Hall–Kier alpha value is -0.950. The van der Waals surface area contributed by atoms with Crippen molar-refractivity contribution in [1.82, 2.24) is 0 Å². The maximum atomic E-state index is 10.8. The van der Waals surface area contributed by atoms with Crippen LogP contribution in [0.4, 0.5) is 4.39 Å². The van der Waals surface area contributed by atoms with E-state index in [2.05, 4.69) is 18.8 Å². The predicted molar refractivity (Wildman–Crippen MR) is 26.6 cm³/mol. The van der Waals surface area contributed by atoms with E-state index in [1.165, 1.54) is 0 Å². The summed E-state index contributed by atoms with van der Waals surface area (Å²) in [6, 6.07) is 0. The van der Waals surface area contributed by atoms with Gasteiger partial charge in [-0.2, -0.15) is 0 Å². The molecule has 0 saturated heterocycles. The summed E-state index contributed by atoms with van der Waals surface area (Å²) in [7, 11) is 0. The highest BCUT2D eigenvalue weighted by Gasteiger charge is 1.54. The molecule has 0 amide bonds. The Bertz CT molecular complexity index is 137. The molecule has 35 valence electrons. The van der Waals surface area contributed by atoms with Crippen molar-refractivity contribution >= 4 is 0 Å². The lowest BCUT2D eigenvalue weighted by molar-refractivity contribution is 0.774. The summed E-state index contributed by atoms with van der Waals surface area (Å²) >= 11 is 0. The van der Waals surface area contributed by atoms with Crippen LogP contribution >= 0.6 is 0 Å². The highest BCUT2D eigenvalue weighted by atomic mass is 19.1. The van der Waals surface area contributed by atoms with Gasteiger partial charge in [-0.15, -0.1) is 4.39 Å². The Morgan fingerprint density at radius 3 is 2.57 bits per heavy atom. The molecule has 0 fully saturated rings. The zero-order chi connectivity index (χ0) is 5.54. The standard InChI is InChI=1S/C6H4F/c1-2-3-4-5-6-7/h1-2H2. The van der Waals surface area contributed by atoms with Crippen LogP contribution in [0.3, 0.4) is 0 Å². The second-order valence-corrected chi connectivity index (χ2v) is 0.771. The molecule has 0 aromatic carbocycles. The number of halogens is 1. The second kappa shape index (κ2) is 5.05. The van der Waals surface area contributed by atoms with E-state index in [1.54, 1.807) is 0 Å². The van der Waals surface area contributed by atoms with E-state index >= 15 is 0 Å². The maximum absolute atomic E-state index is 10.8. The van der Waals surface area contributed by atoms with Gasteiger partial charge < -0.3 is 0 Å². The average Bonchev–Trinajstić information content (AvgIpc) is 1.69. The topological polar surface area (TPSA) is 0 Å². The van der Waals surface area contributed by atoms with Gasteiger partial charge in [0.2, 0.25) is 0 Å². The van der Waals surface area contributed by atoms with E-state index in [0.717, 1.165) is 6.17 Å². The molecule has 0 aliphatic carbocycles. The molecule has 0 spiro atoms. The van der Waals surface area contributed by atoms with Crippen LogP contribution in [0.15, 0.2) is 0 Å². The normalized spacial score (nSPS) is 4.86. The molecule has 7 heavy (non-hydrogen) atoms. The Morgan fingerprint density at radius 2 is 2.14 bits per heavy atom. The summed E-state index contributed by atoms with van der Waals surface area (Å²) in [5.74, 6) is 6.64. The molecular weight excluding hydrogens is 91.1 g/mol. The van der Waals surface area contributed by atoms with Crippen LogP contribution in [-0.2, 0) is 0 Å². The first-order chi connectivity index (χ1) is 3.41. The van der Waals surface area contributed by atoms with E-state index in [9.17, 15) is 4.39 Å². The Morgan fingerprint density at radius 1 is 1.43 bits per heavy atom. The fourth-order valence-corrected chi connectivity index (χ4v) is 0.130. The van der Waals surface area contributed by atoms with Crippen LogP contribution in [-0.4, -0.2) is 0 Å². The third kappa shape index (κ3) is 5.05. The fraction of sp³-hybridized carbons (Fsp3) is 0.167. The first kappa shape index (κ1) is 6.05. The molecule has 0 saturated carbocycles. The summed E-state index contributed by atoms with van der Waals surface area (Å²) in [4.78, 5) is 0. The highest BCUT2D eigenvalue weighted by molar-refractivity contribution is 5.23. The quantitative estimate of drug-likeness (QED) is 0.396. The minimum atomic E-state index is 0.481. The van der Waals surface area contributed by atoms with Gasteiger partial charge in [0.1, 0.15) is 6.17 Å². The molecule has 0 bridgehead atoms. The first-order valence-electron chi connectivity index (χ1n) is 1.79. The molecule has 0 N–H and O–H groups in total. The molecule has 0 aromatic heterocycles.